The van der Waals surface area contributed by atoms with Crippen LogP contribution in [-0.4, -0.2) is 0 Å². The Morgan fingerprint density at radius 1 is 1.43 bits per heavy atom. The second-order valence-corrected chi connectivity index (χ2v) is 7.00. The number of hydrogen-bond acceptors (Lipinski definition) is 1. The van der Waals surface area contributed by atoms with Gasteiger partial charge in [0.2, 0.25) is 0 Å². The maximum atomic E-state index is 6.43. The Bertz CT molecular complexity index is 298. The van der Waals surface area contributed by atoms with Crippen molar-refractivity contribution in [2.75, 3.05) is 0 Å². The van der Waals surface area contributed by atoms with Gasteiger partial charge in [-0.1, -0.05) is 24.4 Å². The van der Waals surface area contributed by atoms with Crippen molar-refractivity contribution in [3.63, 3.8) is 0 Å². The van der Waals surface area contributed by atoms with Gasteiger partial charge in [-0.15, -0.1) is 22.9 Å². The molecule has 0 amide bonds. The summed E-state index contributed by atoms with van der Waals surface area (Å²) in [6.45, 7) is 0. The molecule has 0 aromatic carbocycles. The lowest BCUT2D eigenvalue weighted by Gasteiger charge is -2.14. The monoisotopic (exact) mass is 312 g/mol. The van der Waals surface area contributed by atoms with Crippen molar-refractivity contribution >= 4 is 50.5 Å². The van der Waals surface area contributed by atoms with E-state index >= 15 is 0 Å². The molecule has 0 spiro atoms. The molecule has 1 aromatic heterocycles. The van der Waals surface area contributed by atoms with Gasteiger partial charge in [0.05, 0.1) is 14.2 Å². The van der Waals surface area contributed by atoms with E-state index in [4.69, 9.17) is 23.2 Å². The molecule has 1 aliphatic carbocycles. The fourth-order valence-corrected chi connectivity index (χ4v) is 4.25. The fourth-order valence-electron chi connectivity index (χ4n) is 1.98. The summed E-state index contributed by atoms with van der Waals surface area (Å²) in [5.41, 5.74) is 0. The van der Waals surface area contributed by atoms with Gasteiger partial charge in [0.1, 0.15) is 0 Å². The number of rotatable bonds is 2. The van der Waals surface area contributed by atoms with E-state index in [9.17, 15) is 0 Å². The van der Waals surface area contributed by atoms with E-state index in [1.165, 1.54) is 30.6 Å². The van der Waals surface area contributed by atoms with Crippen LogP contribution in [0.4, 0.5) is 0 Å². The summed E-state index contributed by atoms with van der Waals surface area (Å²) in [5.74, 6) is 0.651. The Kier molecular flexibility index (Phi) is 3.80. The molecule has 0 N–H and O–H groups in total. The molecule has 1 aliphatic rings. The van der Waals surface area contributed by atoms with Crippen LogP contribution in [0.1, 0.15) is 35.9 Å². The quantitative estimate of drug-likeness (QED) is 0.620. The highest BCUT2D eigenvalue weighted by atomic mass is 79.9. The molecule has 1 aromatic rings. The lowest BCUT2D eigenvalue weighted by Crippen LogP contribution is -2.00. The molecular weight excluding hydrogens is 303 g/mol. The SMILES string of the molecule is Clc1cc(C(Cl)C2CCCC2)sc1Br. The second-order valence-electron chi connectivity index (χ2n) is 3.72. The minimum Gasteiger partial charge on any atom is -0.130 e. The maximum absolute atomic E-state index is 6.43. The molecule has 1 heterocycles. The Balaban J connectivity index is 2.13. The summed E-state index contributed by atoms with van der Waals surface area (Å²) in [7, 11) is 0. The molecule has 1 fully saturated rings. The molecule has 78 valence electrons. The molecule has 0 radical (unpaired) electrons. The largest absolute Gasteiger partial charge is 0.130 e. The highest BCUT2D eigenvalue weighted by molar-refractivity contribution is 9.11. The normalized spacial score (nSPS) is 20.2. The average molecular weight is 314 g/mol. The standard InChI is InChI=1S/C10H11BrCl2S/c11-10-7(12)5-8(14-10)9(13)6-3-1-2-4-6/h5-6,9H,1-4H2. The Labute approximate surface area is 107 Å². The maximum Gasteiger partial charge on any atom is 0.0887 e. The molecule has 0 aliphatic heterocycles. The van der Waals surface area contributed by atoms with Crippen LogP contribution in [-0.2, 0) is 0 Å². The molecule has 1 atom stereocenters. The van der Waals surface area contributed by atoms with E-state index in [0.29, 0.717) is 5.92 Å². The second kappa shape index (κ2) is 4.73. The fraction of sp³-hybridized carbons (Fsp3) is 0.600. The van der Waals surface area contributed by atoms with Gasteiger partial charge in [0.25, 0.3) is 0 Å². The highest BCUT2D eigenvalue weighted by Gasteiger charge is 2.26. The van der Waals surface area contributed by atoms with Crippen molar-refractivity contribution in [2.24, 2.45) is 5.92 Å². The van der Waals surface area contributed by atoms with Crippen molar-refractivity contribution < 1.29 is 0 Å². The summed E-state index contributed by atoms with van der Waals surface area (Å²) in [5, 5.41) is 0.944. The van der Waals surface area contributed by atoms with E-state index in [-0.39, 0.29) is 5.38 Å². The zero-order chi connectivity index (χ0) is 10.1. The number of thiophene rings is 1. The van der Waals surface area contributed by atoms with E-state index in [1.54, 1.807) is 11.3 Å². The summed E-state index contributed by atoms with van der Waals surface area (Å²) in [4.78, 5) is 1.20. The molecule has 1 saturated carbocycles. The van der Waals surface area contributed by atoms with Crippen molar-refractivity contribution in [3.8, 4) is 0 Å². The molecule has 0 nitrogen and oxygen atoms in total. The first-order chi connectivity index (χ1) is 6.68. The summed E-state index contributed by atoms with van der Waals surface area (Å²) >= 11 is 17.5. The minimum atomic E-state index is 0.159. The van der Waals surface area contributed by atoms with Gasteiger partial charge >= 0.3 is 0 Å². The molecule has 4 heteroatoms. The number of halogens is 3. The van der Waals surface area contributed by atoms with Crippen LogP contribution in [0.3, 0.4) is 0 Å². The van der Waals surface area contributed by atoms with Crippen LogP contribution in [0.15, 0.2) is 9.85 Å². The molecule has 2 rings (SSSR count). The molecule has 0 bridgehead atoms. The Hall–Kier alpha value is 0.760. The summed E-state index contributed by atoms with van der Waals surface area (Å²) in [6.07, 6.45) is 5.19. The summed E-state index contributed by atoms with van der Waals surface area (Å²) < 4.78 is 0.998. The molecule has 1 unspecified atom stereocenters. The van der Waals surface area contributed by atoms with E-state index < -0.39 is 0 Å². The third kappa shape index (κ3) is 2.29. The van der Waals surface area contributed by atoms with Crippen LogP contribution in [0.5, 0.6) is 0 Å². The van der Waals surface area contributed by atoms with Crippen molar-refractivity contribution in [1.82, 2.24) is 0 Å². The number of alkyl halides is 1. The Morgan fingerprint density at radius 3 is 2.57 bits per heavy atom. The molecular formula is C10H11BrCl2S. The predicted octanol–water partition coefficient (Wildman–Crippen LogP) is 5.63. The summed E-state index contributed by atoms with van der Waals surface area (Å²) in [6, 6.07) is 1.99. The van der Waals surface area contributed by atoms with Crippen LogP contribution in [0.2, 0.25) is 5.02 Å². The van der Waals surface area contributed by atoms with Crippen LogP contribution in [0.25, 0.3) is 0 Å². The molecule has 14 heavy (non-hydrogen) atoms. The van der Waals surface area contributed by atoms with E-state index in [1.807, 2.05) is 6.07 Å². The number of hydrogen-bond donors (Lipinski definition) is 0. The molecule has 0 saturated heterocycles. The zero-order valence-electron chi connectivity index (χ0n) is 7.60. The highest BCUT2D eigenvalue weighted by Crippen LogP contribution is 2.45. The van der Waals surface area contributed by atoms with Crippen molar-refractivity contribution in [1.29, 1.82) is 0 Å². The van der Waals surface area contributed by atoms with Crippen molar-refractivity contribution in [2.45, 2.75) is 31.1 Å². The Morgan fingerprint density at radius 2 is 2.07 bits per heavy atom. The van der Waals surface area contributed by atoms with Crippen molar-refractivity contribution in [3.05, 3.63) is 19.8 Å². The van der Waals surface area contributed by atoms with Crippen LogP contribution < -0.4 is 0 Å². The van der Waals surface area contributed by atoms with Gasteiger partial charge < -0.3 is 0 Å². The third-order valence-corrected chi connectivity index (χ3v) is 6.03. The average Bonchev–Trinajstić information content (AvgIpc) is 2.76. The zero-order valence-corrected chi connectivity index (χ0v) is 11.5. The van der Waals surface area contributed by atoms with Gasteiger partial charge in [0.15, 0.2) is 0 Å². The smallest absolute Gasteiger partial charge is 0.0887 e. The first-order valence-corrected chi connectivity index (χ1v) is 7.19. The van der Waals surface area contributed by atoms with E-state index in [0.717, 1.165) is 8.81 Å². The van der Waals surface area contributed by atoms with Gasteiger partial charge in [-0.25, -0.2) is 0 Å². The predicted molar refractivity (Wildman–Crippen MR) is 67.6 cm³/mol. The van der Waals surface area contributed by atoms with Crippen LogP contribution in [0, 0.1) is 5.92 Å². The van der Waals surface area contributed by atoms with Gasteiger partial charge in [-0.3, -0.25) is 0 Å². The lowest BCUT2D eigenvalue weighted by molar-refractivity contribution is 0.534. The van der Waals surface area contributed by atoms with Crippen LogP contribution >= 0.6 is 50.5 Å². The minimum absolute atomic E-state index is 0.159. The first-order valence-electron chi connectivity index (χ1n) is 4.77. The van der Waals surface area contributed by atoms with Gasteiger partial charge in [-0.2, -0.15) is 0 Å². The first kappa shape index (κ1) is 11.3. The third-order valence-electron chi connectivity index (χ3n) is 2.75. The lowest BCUT2D eigenvalue weighted by atomic mass is 10.0. The van der Waals surface area contributed by atoms with Gasteiger partial charge in [-0.05, 0) is 40.8 Å². The van der Waals surface area contributed by atoms with E-state index in [2.05, 4.69) is 15.9 Å². The van der Waals surface area contributed by atoms with Gasteiger partial charge in [0, 0.05) is 4.88 Å². The topological polar surface area (TPSA) is 0 Å².